The van der Waals surface area contributed by atoms with E-state index in [0.29, 0.717) is 39.0 Å². The number of primary amides is 1. The normalized spacial score (nSPS) is 25.2. The molecule has 0 radical (unpaired) electrons. The van der Waals surface area contributed by atoms with E-state index in [1.165, 1.54) is 0 Å². The van der Waals surface area contributed by atoms with Crippen molar-refractivity contribution >= 4 is 17.8 Å². The molecule has 0 aliphatic carbocycles. The molecule has 2 atom stereocenters. The number of hydrogen-bond donors (Lipinski definition) is 1. The van der Waals surface area contributed by atoms with Crippen molar-refractivity contribution in [1.82, 2.24) is 14.7 Å². The second-order valence-corrected chi connectivity index (χ2v) is 5.99. The van der Waals surface area contributed by atoms with Crippen molar-refractivity contribution in [2.24, 2.45) is 5.73 Å². The van der Waals surface area contributed by atoms with Crippen LogP contribution in [0.15, 0.2) is 0 Å². The van der Waals surface area contributed by atoms with Gasteiger partial charge in [-0.15, -0.1) is 0 Å². The van der Waals surface area contributed by atoms with Crippen molar-refractivity contribution in [1.29, 1.82) is 0 Å². The van der Waals surface area contributed by atoms with Crippen LogP contribution in [-0.2, 0) is 9.59 Å². The molecule has 2 saturated heterocycles. The van der Waals surface area contributed by atoms with Gasteiger partial charge in [-0.25, -0.2) is 4.79 Å². The Balaban J connectivity index is 2.00. The van der Waals surface area contributed by atoms with Crippen LogP contribution in [0.25, 0.3) is 0 Å². The first-order valence-corrected chi connectivity index (χ1v) is 8.11. The van der Waals surface area contributed by atoms with Crippen molar-refractivity contribution in [3.63, 3.8) is 0 Å². The number of nitrogens with zero attached hydrogens (tertiary/aromatic N) is 3. The molecule has 4 amide bonds. The summed E-state index contributed by atoms with van der Waals surface area (Å²) < 4.78 is 0. The highest BCUT2D eigenvalue weighted by Crippen LogP contribution is 2.22. The number of carbonyl (C=O) groups excluding carboxylic acids is 3. The maximum atomic E-state index is 11.8. The summed E-state index contributed by atoms with van der Waals surface area (Å²) in [4.78, 5) is 40.6. The Morgan fingerprint density at radius 1 is 1.05 bits per heavy atom. The van der Waals surface area contributed by atoms with Crippen LogP contribution in [0.4, 0.5) is 4.79 Å². The molecule has 2 N–H and O–H groups in total. The zero-order valence-corrected chi connectivity index (χ0v) is 13.5. The summed E-state index contributed by atoms with van der Waals surface area (Å²) in [6, 6.07) is -0.403. The van der Waals surface area contributed by atoms with Crippen molar-refractivity contribution in [3.8, 4) is 0 Å². The lowest BCUT2D eigenvalue weighted by Crippen LogP contribution is -2.50. The summed E-state index contributed by atoms with van der Waals surface area (Å²) in [5.41, 5.74) is 5.52. The second kappa shape index (κ2) is 6.98. The lowest BCUT2D eigenvalue weighted by Gasteiger charge is -2.33. The zero-order chi connectivity index (χ0) is 16.3. The van der Waals surface area contributed by atoms with E-state index < -0.39 is 6.03 Å². The molecule has 0 spiro atoms. The van der Waals surface area contributed by atoms with Gasteiger partial charge in [0.15, 0.2) is 0 Å². The minimum Gasteiger partial charge on any atom is -0.351 e. The van der Waals surface area contributed by atoms with Gasteiger partial charge in [0.25, 0.3) is 0 Å². The summed E-state index contributed by atoms with van der Waals surface area (Å²) in [5, 5.41) is 0. The predicted octanol–water partition coefficient (Wildman–Crippen LogP) is 0.389. The number of nitrogens with two attached hydrogens (primary N) is 1. The van der Waals surface area contributed by atoms with Gasteiger partial charge < -0.3 is 20.4 Å². The zero-order valence-electron chi connectivity index (χ0n) is 13.5. The molecule has 22 heavy (non-hydrogen) atoms. The molecule has 2 unspecified atom stereocenters. The lowest BCUT2D eigenvalue weighted by atomic mass is 10.1. The van der Waals surface area contributed by atoms with Gasteiger partial charge in [-0.2, -0.15) is 0 Å². The van der Waals surface area contributed by atoms with E-state index in [1.54, 1.807) is 4.90 Å². The molecule has 0 aromatic heterocycles. The average Bonchev–Trinajstić information content (AvgIpc) is 3.01. The average molecular weight is 310 g/mol. The first kappa shape index (κ1) is 16.6. The largest absolute Gasteiger partial charge is 0.351 e. The number of likely N-dealkylation sites (tertiary alicyclic amines) is 2. The van der Waals surface area contributed by atoms with Crippen LogP contribution >= 0.6 is 0 Å². The number of urea groups is 1. The van der Waals surface area contributed by atoms with Gasteiger partial charge in [-0.1, -0.05) is 0 Å². The highest BCUT2D eigenvalue weighted by Gasteiger charge is 2.35. The number of carbonyl (C=O) groups is 3. The molecule has 7 nitrogen and oxygen atoms in total. The van der Waals surface area contributed by atoms with E-state index in [2.05, 4.69) is 0 Å². The van der Waals surface area contributed by atoms with Crippen molar-refractivity contribution in [3.05, 3.63) is 0 Å². The smallest absolute Gasteiger partial charge is 0.314 e. The molecule has 0 aromatic rings. The fourth-order valence-electron chi connectivity index (χ4n) is 3.60. The fraction of sp³-hybridized carbons (Fsp3) is 0.800. The van der Waals surface area contributed by atoms with Gasteiger partial charge in [-0.05, 0) is 26.7 Å². The first-order valence-electron chi connectivity index (χ1n) is 8.11. The SMILES string of the molecule is CCN1C(=O)CCC1CN(CC1CCC(=O)N1CC)C(N)=O. The minimum absolute atomic E-state index is 0.0391. The maximum Gasteiger partial charge on any atom is 0.314 e. The van der Waals surface area contributed by atoms with Crippen LogP contribution in [0.3, 0.4) is 0 Å². The van der Waals surface area contributed by atoms with Gasteiger partial charge in [0.2, 0.25) is 11.8 Å². The van der Waals surface area contributed by atoms with Crippen molar-refractivity contribution < 1.29 is 14.4 Å². The van der Waals surface area contributed by atoms with E-state index >= 15 is 0 Å². The molecule has 124 valence electrons. The van der Waals surface area contributed by atoms with E-state index in [4.69, 9.17) is 5.73 Å². The second-order valence-electron chi connectivity index (χ2n) is 5.99. The highest BCUT2D eigenvalue weighted by molar-refractivity contribution is 5.80. The van der Waals surface area contributed by atoms with Gasteiger partial charge >= 0.3 is 6.03 Å². The van der Waals surface area contributed by atoms with Crippen LogP contribution in [0.2, 0.25) is 0 Å². The van der Waals surface area contributed by atoms with E-state index in [-0.39, 0.29) is 23.9 Å². The highest BCUT2D eigenvalue weighted by atomic mass is 16.2. The standard InChI is InChI=1S/C15H26N4O3/c1-3-18-11(5-7-13(18)20)9-17(15(16)22)10-12-6-8-14(21)19(12)4-2/h11-12H,3-10H2,1-2H3,(H2,16,22). The van der Waals surface area contributed by atoms with Crippen LogP contribution in [0.1, 0.15) is 39.5 Å². The molecule has 2 aliphatic heterocycles. The van der Waals surface area contributed by atoms with Gasteiger partial charge in [0.05, 0.1) is 0 Å². The Kier molecular flexibility index (Phi) is 5.26. The molecule has 2 aliphatic rings. The third-order valence-corrected chi connectivity index (χ3v) is 4.76. The van der Waals surface area contributed by atoms with Gasteiger partial charge in [0.1, 0.15) is 0 Å². The quantitative estimate of drug-likeness (QED) is 0.770. The summed E-state index contributed by atoms with van der Waals surface area (Å²) in [6.45, 7) is 6.10. The van der Waals surface area contributed by atoms with Crippen LogP contribution in [0.5, 0.6) is 0 Å². The van der Waals surface area contributed by atoms with Gasteiger partial charge in [0, 0.05) is 51.1 Å². The Bertz CT molecular complexity index is 420. The van der Waals surface area contributed by atoms with E-state index in [1.807, 2.05) is 23.6 Å². The summed E-state index contributed by atoms with van der Waals surface area (Å²) in [5.74, 6) is 0.284. The molecule has 2 rings (SSSR count). The predicted molar refractivity (Wildman–Crippen MR) is 82.0 cm³/mol. The maximum absolute atomic E-state index is 11.8. The Morgan fingerprint density at radius 2 is 1.45 bits per heavy atom. The molecule has 2 heterocycles. The Hall–Kier alpha value is -1.79. The number of amides is 4. The Labute approximate surface area is 131 Å². The summed E-state index contributed by atoms with van der Waals surface area (Å²) >= 11 is 0. The fourth-order valence-corrected chi connectivity index (χ4v) is 3.60. The number of hydrogen-bond acceptors (Lipinski definition) is 3. The minimum atomic E-state index is -0.481. The van der Waals surface area contributed by atoms with Crippen LogP contribution < -0.4 is 5.73 Å². The molecule has 7 heteroatoms. The first-order chi connectivity index (χ1) is 10.5. The summed E-state index contributed by atoms with van der Waals surface area (Å²) in [7, 11) is 0. The summed E-state index contributed by atoms with van der Waals surface area (Å²) in [6.07, 6.45) is 2.59. The monoisotopic (exact) mass is 310 g/mol. The molecule has 2 fully saturated rings. The Morgan fingerprint density at radius 3 is 1.77 bits per heavy atom. The number of likely N-dealkylation sites (N-methyl/N-ethyl adjacent to an activating group) is 2. The topological polar surface area (TPSA) is 87.0 Å². The van der Waals surface area contributed by atoms with Crippen LogP contribution in [0, 0.1) is 0 Å². The molecular weight excluding hydrogens is 284 g/mol. The van der Waals surface area contributed by atoms with Gasteiger partial charge in [-0.3, -0.25) is 9.59 Å². The molecule has 0 bridgehead atoms. The van der Waals surface area contributed by atoms with E-state index in [9.17, 15) is 14.4 Å². The van der Waals surface area contributed by atoms with Crippen LogP contribution in [-0.4, -0.2) is 70.8 Å². The molecular formula is C15H26N4O3. The van der Waals surface area contributed by atoms with Crippen molar-refractivity contribution in [2.75, 3.05) is 26.2 Å². The number of rotatable bonds is 6. The molecule has 0 aromatic carbocycles. The third kappa shape index (κ3) is 3.34. The third-order valence-electron chi connectivity index (χ3n) is 4.76. The molecule has 0 saturated carbocycles. The lowest BCUT2D eigenvalue weighted by molar-refractivity contribution is -0.129. The van der Waals surface area contributed by atoms with Crippen molar-refractivity contribution in [2.45, 2.75) is 51.6 Å². The van der Waals surface area contributed by atoms with E-state index in [0.717, 1.165) is 12.8 Å².